The lowest BCUT2D eigenvalue weighted by atomic mass is 9.64. The van der Waals surface area contributed by atoms with Gasteiger partial charge in [-0.2, -0.15) is 0 Å². The number of nitrogens with one attached hydrogen (secondary N) is 2. The molecule has 0 aromatic heterocycles. The second-order valence-electron chi connectivity index (χ2n) is 11.0. The van der Waals surface area contributed by atoms with Gasteiger partial charge in [0.25, 0.3) is 5.91 Å². The molecular formula is C25H35N5O4. The van der Waals surface area contributed by atoms with Crippen LogP contribution in [0.4, 0.5) is 10.5 Å². The van der Waals surface area contributed by atoms with Crippen LogP contribution in [0.15, 0.2) is 24.3 Å². The minimum atomic E-state index is -0.935. The van der Waals surface area contributed by atoms with Crippen LogP contribution in [0.25, 0.3) is 0 Å². The number of benzene rings is 1. The number of hydrogen-bond donors (Lipinski definition) is 3. The van der Waals surface area contributed by atoms with Crippen molar-refractivity contribution < 1.29 is 19.2 Å². The fourth-order valence-corrected chi connectivity index (χ4v) is 6.32. The number of carbonyl (C=O) groups excluding carboxylic acids is 4. The summed E-state index contributed by atoms with van der Waals surface area (Å²) in [6, 6.07) is 6.52. The number of anilines is 1. The van der Waals surface area contributed by atoms with E-state index >= 15 is 0 Å². The van der Waals surface area contributed by atoms with E-state index in [1.54, 1.807) is 6.07 Å². The first kappa shape index (κ1) is 24.2. The van der Waals surface area contributed by atoms with Crippen molar-refractivity contribution in [3.63, 3.8) is 0 Å². The highest BCUT2D eigenvalue weighted by molar-refractivity contribution is 6.10. The number of amides is 5. The van der Waals surface area contributed by atoms with E-state index < -0.39 is 17.5 Å². The normalized spacial score (nSPS) is 28.9. The lowest BCUT2D eigenvalue weighted by molar-refractivity contribution is -0.136. The highest BCUT2D eigenvalue weighted by Crippen LogP contribution is 2.46. The number of para-hydroxylation sites is 1. The summed E-state index contributed by atoms with van der Waals surface area (Å²) in [6.45, 7) is 7.21. The predicted octanol–water partition coefficient (Wildman–Crippen LogP) is 2.21. The summed E-state index contributed by atoms with van der Waals surface area (Å²) >= 11 is 0. The number of rotatable bonds is 6. The van der Waals surface area contributed by atoms with Crippen LogP contribution in [0.3, 0.4) is 0 Å². The highest BCUT2D eigenvalue weighted by atomic mass is 16.2. The van der Waals surface area contributed by atoms with E-state index in [0.717, 1.165) is 36.3 Å². The zero-order valence-corrected chi connectivity index (χ0v) is 20.2. The number of nitrogens with two attached hydrogens (primary N) is 1. The van der Waals surface area contributed by atoms with E-state index in [1.807, 2.05) is 23.1 Å². The molecule has 2 saturated heterocycles. The second kappa shape index (κ2) is 9.02. The molecule has 1 aromatic carbocycles. The largest absolute Gasteiger partial charge is 0.368 e. The smallest absolute Gasteiger partial charge is 0.325 e. The van der Waals surface area contributed by atoms with Gasteiger partial charge in [-0.1, -0.05) is 39.0 Å². The number of nitrogens with zero attached hydrogens (tertiary/aromatic N) is 2. The van der Waals surface area contributed by atoms with Crippen molar-refractivity contribution in [1.29, 1.82) is 0 Å². The summed E-state index contributed by atoms with van der Waals surface area (Å²) in [5.74, 6) is -0.805. The number of hydrogen-bond acceptors (Lipinski definition) is 5. The summed E-state index contributed by atoms with van der Waals surface area (Å²) in [4.78, 5) is 53.8. The Bertz CT molecular complexity index is 1010. The van der Waals surface area contributed by atoms with Crippen LogP contribution in [0, 0.1) is 11.3 Å². The number of carbonyl (C=O) groups is 4. The van der Waals surface area contributed by atoms with Crippen LogP contribution in [0.1, 0.15) is 58.4 Å². The molecule has 9 nitrogen and oxygen atoms in total. The SMILES string of the molecule is CC1CC(C)(C)CC2(C1)NC(=O)N(CC(=O)Nc1ccccc1CN1CCCC1C(N)=O)C2=O. The third kappa shape index (κ3) is 4.80. The minimum Gasteiger partial charge on any atom is -0.368 e. The molecule has 3 aliphatic rings. The first-order chi connectivity index (χ1) is 16.0. The maximum Gasteiger partial charge on any atom is 0.325 e. The molecule has 1 spiro atoms. The Balaban J connectivity index is 1.44. The van der Waals surface area contributed by atoms with Gasteiger partial charge in [0, 0.05) is 12.2 Å². The summed E-state index contributed by atoms with van der Waals surface area (Å²) in [5.41, 5.74) is 5.97. The van der Waals surface area contributed by atoms with E-state index in [2.05, 4.69) is 31.4 Å². The van der Waals surface area contributed by atoms with Crippen molar-refractivity contribution in [3.05, 3.63) is 29.8 Å². The Morgan fingerprint density at radius 3 is 2.65 bits per heavy atom. The van der Waals surface area contributed by atoms with E-state index in [9.17, 15) is 19.2 Å². The molecule has 0 bridgehead atoms. The van der Waals surface area contributed by atoms with Crippen LogP contribution in [0.2, 0.25) is 0 Å². The molecule has 1 aromatic rings. The van der Waals surface area contributed by atoms with Crippen LogP contribution >= 0.6 is 0 Å². The van der Waals surface area contributed by atoms with Crippen LogP contribution in [0.5, 0.6) is 0 Å². The highest BCUT2D eigenvalue weighted by Gasteiger charge is 2.56. The van der Waals surface area contributed by atoms with Crippen molar-refractivity contribution in [1.82, 2.24) is 15.1 Å². The van der Waals surface area contributed by atoms with Crippen LogP contribution in [-0.2, 0) is 20.9 Å². The molecule has 3 fully saturated rings. The van der Waals surface area contributed by atoms with Gasteiger partial charge in [-0.05, 0) is 61.6 Å². The molecule has 4 N–H and O–H groups in total. The third-order valence-corrected chi connectivity index (χ3v) is 7.28. The zero-order valence-electron chi connectivity index (χ0n) is 20.2. The fraction of sp³-hybridized carbons (Fsp3) is 0.600. The molecule has 5 amide bonds. The van der Waals surface area contributed by atoms with E-state index in [-0.39, 0.29) is 29.8 Å². The van der Waals surface area contributed by atoms with Gasteiger partial charge in [-0.25, -0.2) is 4.79 Å². The Morgan fingerprint density at radius 2 is 1.94 bits per heavy atom. The van der Waals surface area contributed by atoms with Crippen molar-refractivity contribution in [2.24, 2.45) is 17.1 Å². The Morgan fingerprint density at radius 1 is 1.21 bits per heavy atom. The number of primary amides is 1. The monoisotopic (exact) mass is 469 g/mol. The summed E-state index contributed by atoms with van der Waals surface area (Å²) in [5, 5.41) is 5.76. The molecule has 2 heterocycles. The maximum absolute atomic E-state index is 13.3. The first-order valence-corrected chi connectivity index (χ1v) is 12.0. The Hall–Kier alpha value is -2.94. The number of likely N-dealkylation sites (tertiary alicyclic amines) is 1. The Labute approximate surface area is 200 Å². The van der Waals surface area contributed by atoms with Gasteiger partial charge in [0.1, 0.15) is 12.1 Å². The van der Waals surface area contributed by atoms with Crippen molar-refractivity contribution in [2.75, 3.05) is 18.4 Å². The van der Waals surface area contributed by atoms with Crippen molar-refractivity contribution in [3.8, 4) is 0 Å². The average Bonchev–Trinajstić information content (AvgIpc) is 3.27. The van der Waals surface area contributed by atoms with Gasteiger partial charge >= 0.3 is 6.03 Å². The van der Waals surface area contributed by atoms with Crippen LogP contribution < -0.4 is 16.4 Å². The number of urea groups is 1. The maximum atomic E-state index is 13.3. The van der Waals surface area contributed by atoms with Gasteiger partial charge in [0.2, 0.25) is 11.8 Å². The quantitative estimate of drug-likeness (QED) is 0.551. The number of imide groups is 1. The molecule has 4 rings (SSSR count). The van der Waals surface area contributed by atoms with E-state index in [0.29, 0.717) is 31.0 Å². The van der Waals surface area contributed by atoms with E-state index in [4.69, 9.17) is 5.73 Å². The van der Waals surface area contributed by atoms with Crippen molar-refractivity contribution >= 4 is 29.4 Å². The van der Waals surface area contributed by atoms with Gasteiger partial charge in [-0.3, -0.25) is 24.2 Å². The summed E-state index contributed by atoms with van der Waals surface area (Å²) < 4.78 is 0. The minimum absolute atomic E-state index is 0.0733. The Kier molecular flexibility index (Phi) is 6.42. The molecule has 184 valence electrons. The molecule has 1 aliphatic carbocycles. The standard InChI is InChI=1S/C25H35N5O4/c1-16-11-24(2,3)15-25(12-16)22(33)30(23(34)28-25)14-20(31)27-18-8-5-4-7-17(18)13-29-10-6-9-19(29)21(26)32/h4-5,7-8,16,19H,6,9-15H2,1-3H3,(H2,26,32)(H,27,31)(H,28,34). The molecule has 2 aliphatic heterocycles. The average molecular weight is 470 g/mol. The summed E-state index contributed by atoms with van der Waals surface area (Å²) in [7, 11) is 0. The van der Waals surface area contributed by atoms with Gasteiger partial charge in [0.15, 0.2) is 0 Å². The van der Waals surface area contributed by atoms with Gasteiger partial charge < -0.3 is 16.4 Å². The van der Waals surface area contributed by atoms with Crippen LogP contribution in [-0.4, -0.2) is 58.2 Å². The molecule has 1 saturated carbocycles. The lowest BCUT2D eigenvalue weighted by Crippen LogP contribution is -2.54. The predicted molar refractivity (Wildman–Crippen MR) is 127 cm³/mol. The molecule has 3 unspecified atom stereocenters. The lowest BCUT2D eigenvalue weighted by Gasteiger charge is -2.43. The molecular weight excluding hydrogens is 434 g/mol. The fourth-order valence-electron chi connectivity index (χ4n) is 6.32. The summed E-state index contributed by atoms with van der Waals surface area (Å²) in [6.07, 6.45) is 3.76. The third-order valence-electron chi connectivity index (χ3n) is 7.28. The zero-order chi connectivity index (χ0) is 24.7. The molecule has 0 radical (unpaired) electrons. The van der Waals surface area contributed by atoms with Gasteiger partial charge in [-0.15, -0.1) is 0 Å². The first-order valence-electron chi connectivity index (χ1n) is 12.0. The molecule has 9 heteroatoms. The second-order valence-corrected chi connectivity index (χ2v) is 11.0. The topological polar surface area (TPSA) is 125 Å². The van der Waals surface area contributed by atoms with Gasteiger partial charge in [0.05, 0.1) is 6.04 Å². The van der Waals surface area contributed by atoms with Crippen molar-refractivity contribution in [2.45, 2.75) is 71.0 Å². The molecule has 34 heavy (non-hydrogen) atoms. The van der Waals surface area contributed by atoms with E-state index in [1.165, 1.54) is 0 Å². The molecule has 3 atom stereocenters.